The lowest BCUT2D eigenvalue weighted by molar-refractivity contribution is -0.157. The number of carbonyl (C=O) groups is 1. The van der Waals surface area contributed by atoms with Crippen LogP contribution in [0.5, 0.6) is 0 Å². The van der Waals surface area contributed by atoms with Crippen molar-refractivity contribution in [2.75, 3.05) is 27.2 Å². The summed E-state index contributed by atoms with van der Waals surface area (Å²) in [5, 5.41) is 8.13. The number of carbonyl (C=O) groups excluding carboxylic acids is 1. The van der Waals surface area contributed by atoms with E-state index < -0.39 is 18.6 Å². The minimum atomic E-state index is -4.42. The first kappa shape index (κ1) is 24.0. The molecule has 28 heavy (non-hydrogen) atoms. The number of nitrogens with zero attached hydrogens (tertiary/aromatic N) is 2. The van der Waals surface area contributed by atoms with Gasteiger partial charge in [-0.25, -0.2) is 0 Å². The highest BCUT2D eigenvalue weighted by atomic mass is 127. The van der Waals surface area contributed by atoms with Crippen molar-refractivity contribution in [3.05, 3.63) is 48.0 Å². The zero-order valence-corrected chi connectivity index (χ0v) is 18.2. The normalized spacial score (nSPS) is 12.9. The lowest BCUT2D eigenvalue weighted by Crippen LogP contribution is -2.46. The molecule has 0 aliphatic carbocycles. The fourth-order valence-electron chi connectivity index (χ4n) is 2.61. The standard InChI is InChI=1S/C19H23F3N4O.HI/c1-13(15-9-8-14-6-4-5-7-16(14)10-15)25-18(23-2)24-11-17(27)26(3)12-19(20,21)22;/h4-10,13H,11-12H2,1-3H3,(H2,23,24,25);1H. The van der Waals surface area contributed by atoms with Crippen LogP contribution in [0.25, 0.3) is 10.8 Å². The molecule has 0 fully saturated rings. The van der Waals surface area contributed by atoms with Crippen LogP contribution in [0.15, 0.2) is 47.5 Å². The monoisotopic (exact) mass is 508 g/mol. The summed E-state index contributed by atoms with van der Waals surface area (Å²) in [5.74, 6) is -0.335. The second-order valence-corrected chi connectivity index (χ2v) is 6.26. The van der Waals surface area contributed by atoms with E-state index in [1.54, 1.807) is 0 Å². The lowest BCUT2D eigenvalue weighted by Gasteiger charge is -2.21. The summed E-state index contributed by atoms with van der Waals surface area (Å²) >= 11 is 0. The third-order valence-electron chi connectivity index (χ3n) is 4.10. The third-order valence-corrected chi connectivity index (χ3v) is 4.10. The maximum absolute atomic E-state index is 12.4. The van der Waals surface area contributed by atoms with Gasteiger partial charge in [-0.05, 0) is 29.3 Å². The molecule has 0 heterocycles. The van der Waals surface area contributed by atoms with E-state index in [-0.39, 0.29) is 36.6 Å². The van der Waals surface area contributed by atoms with E-state index in [2.05, 4.69) is 21.7 Å². The lowest BCUT2D eigenvalue weighted by atomic mass is 10.0. The minimum absolute atomic E-state index is 0. The fraction of sp³-hybridized carbons (Fsp3) is 0.368. The van der Waals surface area contributed by atoms with Crippen molar-refractivity contribution in [3.63, 3.8) is 0 Å². The molecule has 0 saturated carbocycles. The van der Waals surface area contributed by atoms with Crippen molar-refractivity contribution < 1.29 is 18.0 Å². The van der Waals surface area contributed by atoms with Crippen LogP contribution in [0.1, 0.15) is 18.5 Å². The number of hydrogen-bond donors (Lipinski definition) is 2. The van der Waals surface area contributed by atoms with Gasteiger partial charge < -0.3 is 15.5 Å². The molecular formula is C19H24F3IN4O. The third kappa shape index (κ3) is 7.17. The molecule has 0 aliphatic rings. The number of guanidine groups is 1. The first-order chi connectivity index (χ1) is 12.7. The summed E-state index contributed by atoms with van der Waals surface area (Å²) in [6.45, 7) is 0.373. The zero-order valence-electron chi connectivity index (χ0n) is 15.9. The van der Waals surface area contributed by atoms with Gasteiger partial charge in [0.15, 0.2) is 5.96 Å². The number of halogens is 4. The second kappa shape index (κ2) is 10.5. The van der Waals surface area contributed by atoms with Crippen LogP contribution in [0, 0.1) is 0 Å². The molecule has 0 spiro atoms. The van der Waals surface area contributed by atoms with Gasteiger partial charge in [0, 0.05) is 14.1 Å². The van der Waals surface area contributed by atoms with Gasteiger partial charge in [-0.1, -0.05) is 36.4 Å². The average Bonchev–Trinajstić information content (AvgIpc) is 2.62. The molecule has 1 unspecified atom stereocenters. The van der Waals surface area contributed by atoms with E-state index >= 15 is 0 Å². The quantitative estimate of drug-likeness (QED) is 0.368. The smallest absolute Gasteiger partial charge is 0.350 e. The zero-order chi connectivity index (χ0) is 20.0. The van der Waals surface area contributed by atoms with E-state index in [9.17, 15) is 18.0 Å². The Morgan fingerprint density at radius 3 is 2.43 bits per heavy atom. The van der Waals surface area contributed by atoms with Gasteiger partial charge in [0.25, 0.3) is 0 Å². The van der Waals surface area contributed by atoms with Gasteiger partial charge >= 0.3 is 6.18 Å². The van der Waals surface area contributed by atoms with Crippen molar-refractivity contribution >= 4 is 46.6 Å². The van der Waals surface area contributed by atoms with Crippen LogP contribution in [-0.2, 0) is 4.79 Å². The van der Waals surface area contributed by atoms with E-state index in [0.29, 0.717) is 10.9 Å². The number of amides is 1. The molecule has 5 nitrogen and oxygen atoms in total. The Morgan fingerprint density at radius 2 is 1.82 bits per heavy atom. The average molecular weight is 508 g/mol. The first-order valence-corrected chi connectivity index (χ1v) is 8.46. The molecule has 2 aromatic rings. The first-order valence-electron chi connectivity index (χ1n) is 8.46. The summed E-state index contributed by atoms with van der Waals surface area (Å²) in [6, 6.07) is 14.0. The molecule has 9 heteroatoms. The van der Waals surface area contributed by atoms with Gasteiger partial charge in [-0.15, -0.1) is 24.0 Å². The molecule has 1 atom stereocenters. The van der Waals surface area contributed by atoms with Crippen LogP contribution in [-0.4, -0.2) is 50.1 Å². The summed E-state index contributed by atoms with van der Waals surface area (Å²) in [6.07, 6.45) is -4.42. The molecule has 0 saturated heterocycles. The molecule has 154 valence electrons. The molecule has 0 radical (unpaired) electrons. The molecule has 0 bridgehead atoms. The van der Waals surface area contributed by atoms with Crippen molar-refractivity contribution in [1.82, 2.24) is 15.5 Å². The van der Waals surface area contributed by atoms with Crippen molar-refractivity contribution in [3.8, 4) is 0 Å². The van der Waals surface area contributed by atoms with E-state index in [4.69, 9.17) is 0 Å². The van der Waals surface area contributed by atoms with Gasteiger partial charge in [0.1, 0.15) is 6.54 Å². The van der Waals surface area contributed by atoms with Gasteiger partial charge in [0.05, 0.1) is 12.6 Å². The van der Waals surface area contributed by atoms with Crippen LogP contribution >= 0.6 is 24.0 Å². The largest absolute Gasteiger partial charge is 0.406 e. The molecule has 2 rings (SSSR count). The van der Waals surface area contributed by atoms with Crippen molar-refractivity contribution in [1.29, 1.82) is 0 Å². The highest BCUT2D eigenvalue weighted by Gasteiger charge is 2.31. The summed E-state index contributed by atoms with van der Waals surface area (Å²) < 4.78 is 37.1. The Hall–Kier alpha value is -2.04. The van der Waals surface area contributed by atoms with Crippen LogP contribution in [0.4, 0.5) is 13.2 Å². The van der Waals surface area contributed by atoms with Gasteiger partial charge in [-0.2, -0.15) is 13.2 Å². The number of hydrogen-bond acceptors (Lipinski definition) is 2. The van der Waals surface area contributed by atoms with Gasteiger partial charge in [0.2, 0.25) is 5.91 Å². The molecule has 0 aromatic heterocycles. The molecule has 0 aliphatic heterocycles. The Balaban J connectivity index is 0.00000392. The second-order valence-electron chi connectivity index (χ2n) is 6.26. The van der Waals surface area contributed by atoms with Crippen LogP contribution in [0.2, 0.25) is 0 Å². The fourth-order valence-corrected chi connectivity index (χ4v) is 2.61. The Labute approximate surface area is 179 Å². The number of likely N-dealkylation sites (N-methyl/N-ethyl adjacent to an activating group) is 1. The number of fused-ring (bicyclic) bond motifs is 1. The number of rotatable bonds is 5. The number of alkyl halides is 3. The maximum atomic E-state index is 12.4. The summed E-state index contributed by atoms with van der Waals surface area (Å²) in [7, 11) is 2.65. The summed E-state index contributed by atoms with van der Waals surface area (Å²) in [5.41, 5.74) is 1.03. The predicted octanol–water partition coefficient (Wildman–Crippen LogP) is 3.70. The predicted molar refractivity (Wildman–Crippen MR) is 116 cm³/mol. The molecule has 2 aromatic carbocycles. The minimum Gasteiger partial charge on any atom is -0.350 e. The molecule has 2 N–H and O–H groups in total. The van der Waals surface area contributed by atoms with Gasteiger partial charge in [-0.3, -0.25) is 9.79 Å². The van der Waals surface area contributed by atoms with E-state index in [1.807, 2.05) is 43.3 Å². The molecular weight excluding hydrogens is 484 g/mol. The highest BCUT2D eigenvalue weighted by molar-refractivity contribution is 14.0. The summed E-state index contributed by atoms with van der Waals surface area (Å²) in [4.78, 5) is 16.5. The van der Waals surface area contributed by atoms with Crippen LogP contribution in [0.3, 0.4) is 0 Å². The SMILES string of the molecule is CN=C(NCC(=O)N(C)CC(F)(F)F)NC(C)c1ccc2ccccc2c1.I. The van der Waals surface area contributed by atoms with E-state index in [0.717, 1.165) is 23.4 Å². The number of nitrogens with one attached hydrogen (secondary N) is 2. The molecule has 1 amide bonds. The van der Waals surface area contributed by atoms with E-state index in [1.165, 1.54) is 7.05 Å². The Kier molecular flexibility index (Phi) is 8.99. The topological polar surface area (TPSA) is 56.7 Å². The van der Waals surface area contributed by atoms with Crippen molar-refractivity contribution in [2.45, 2.75) is 19.1 Å². The maximum Gasteiger partial charge on any atom is 0.406 e. The van der Waals surface area contributed by atoms with Crippen molar-refractivity contribution in [2.24, 2.45) is 4.99 Å². The Bertz CT molecular complexity index is 826. The Morgan fingerprint density at radius 1 is 1.18 bits per heavy atom. The van der Waals surface area contributed by atoms with Crippen LogP contribution < -0.4 is 10.6 Å². The number of aliphatic imine (C=N–C) groups is 1. The number of benzene rings is 2. The highest BCUT2D eigenvalue weighted by Crippen LogP contribution is 2.20.